The van der Waals surface area contributed by atoms with E-state index in [0.717, 1.165) is 5.71 Å². The lowest BCUT2D eigenvalue weighted by atomic mass is 10.1. The second kappa shape index (κ2) is 5.45. The number of aryl methyl sites for hydroxylation is 1. The number of hydrogen-bond donors (Lipinski definition) is 0. The van der Waals surface area contributed by atoms with E-state index in [0.29, 0.717) is 10.9 Å². The molecule has 0 saturated carbocycles. The number of rotatable bonds is 3. The number of alkyl halides is 1. The lowest BCUT2D eigenvalue weighted by Crippen LogP contribution is -2.14. The summed E-state index contributed by atoms with van der Waals surface area (Å²) < 4.78 is 0. The van der Waals surface area contributed by atoms with Gasteiger partial charge in [-0.1, -0.05) is 45.8 Å². The minimum Gasteiger partial charge on any atom is -0.285 e. The quantitative estimate of drug-likeness (QED) is 0.581. The summed E-state index contributed by atoms with van der Waals surface area (Å²) in [5.41, 5.74) is 3.62. The molecule has 0 aromatic heterocycles. The minimum atomic E-state index is 0.294. The zero-order valence-corrected chi connectivity index (χ0v) is 11.4. The van der Waals surface area contributed by atoms with Crippen molar-refractivity contribution < 1.29 is 0 Å². The molecular weight excluding hydrogens is 250 g/mol. The maximum atomic E-state index is 4.65. The van der Waals surface area contributed by atoms with Crippen LogP contribution in [0.25, 0.3) is 0 Å². The molecule has 0 amide bonds. The summed E-state index contributed by atoms with van der Waals surface area (Å²) in [4.78, 5) is 4.94. The molecule has 1 aromatic carbocycles. The summed E-state index contributed by atoms with van der Waals surface area (Å²) in [6, 6.07) is 8.85. The Labute approximate surface area is 101 Å². The number of nitrogens with zero attached hydrogens (tertiary/aromatic N) is 1. The van der Waals surface area contributed by atoms with Gasteiger partial charge in [0.05, 0.1) is 10.5 Å². The Bertz CT molecular complexity index is 336. The molecule has 0 bridgehead atoms. The maximum Gasteiger partial charge on any atom is 0.0557 e. The Kier molecular flexibility index (Phi) is 4.52. The molecule has 0 aliphatic rings. The SMILES string of the molecule is Cc1ccc(C(=NC(C)C)C(C)Br)cc1. The third-order valence-corrected chi connectivity index (χ3v) is 2.56. The van der Waals surface area contributed by atoms with Crippen LogP contribution in [0.4, 0.5) is 0 Å². The monoisotopic (exact) mass is 267 g/mol. The lowest BCUT2D eigenvalue weighted by molar-refractivity contribution is 0.832. The summed E-state index contributed by atoms with van der Waals surface area (Å²) in [6.45, 7) is 8.41. The molecule has 0 fully saturated rings. The number of hydrogen-bond acceptors (Lipinski definition) is 1. The van der Waals surface area contributed by atoms with Crippen molar-refractivity contribution in [3.63, 3.8) is 0 Å². The first-order valence-electron chi connectivity index (χ1n) is 5.29. The van der Waals surface area contributed by atoms with Gasteiger partial charge in [0, 0.05) is 6.04 Å². The molecule has 0 radical (unpaired) electrons. The van der Waals surface area contributed by atoms with E-state index in [1.54, 1.807) is 0 Å². The number of aliphatic imine (C=N–C) groups is 1. The van der Waals surface area contributed by atoms with Gasteiger partial charge in [0.2, 0.25) is 0 Å². The molecule has 0 aliphatic carbocycles. The fourth-order valence-corrected chi connectivity index (χ4v) is 1.79. The van der Waals surface area contributed by atoms with Crippen molar-refractivity contribution in [2.24, 2.45) is 4.99 Å². The van der Waals surface area contributed by atoms with E-state index in [-0.39, 0.29) is 0 Å². The van der Waals surface area contributed by atoms with Crippen LogP contribution in [0.15, 0.2) is 29.3 Å². The van der Waals surface area contributed by atoms with Gasteiger partial charge in [-0.3, -0.25) is 4.99 Å². The molecule has 1 rings (SSSR count). The Morgan fingerprint density at radius 2 is 1.67 bits per heavy atom. The molecule has 1 nitrogen and oxygen atoms in total. The van der Waals surface area contributed by atoms with Crippen molar-refractivity contribution in [2.75, 3.05) is 0 Å². The smallest absolute Gasteiger partial charge is 0.0557 e. The van der Waals surface area contributed by atoms with Crippen LogP contribution < -0.4 is 0 Å². The first-order chi connectivity index (χ1) is 7.00. The minimum absolute atomic E-state index is 0.294. The van der Waals surface area contributed by atoms with Crippen LogP contribution in [0, 0.1) is 6.92 Å². The number of benzene rings is 1. The van der Waals surface area contributed by atoms with E-state index in [1.165, 1.54) is 11.1 Å². The average molecular weight is 268 g/mol. The van der Waals surface area contributed by atoms with E-state index >= 15 is 0 Å². The molecule has 0 spiro atoms. The van der Waals surface area contributed by atoms with Crippen LogP contribution in [0.1, 0.15) is 31.9 Å². The van der Waals surface area contributed by atoms with E-state index in [9.17, 15) is 0 Å². The van der Waals surface area contributed by atoms with Gasteiger partial charge in [0.25, 0.3) is 0 Å². The molecule has 1 atom stereocenters. The molecule has 0 N–H and O–H groups in total. The highest BCUT2D eigenvalue weighted by molar-refractivity contribution is 9.10. The van der Waals surface area contributed by atoms with Crippen LogP contribution in [0.5, 0.6) is 0 Å². The Morgan fingerprint density at radius 1 is 1.13 bits per heavy atom. The van der Waals surface area contributed by atoms with Gasteiger partial charge in [-0.2, -0.15) is 0 Å². The third-order valence-electron chi connectivity index (χ3n) is 2.12. The third kappa shape index (κ3) is 3.78. The van der Waals surface area contributed by atoms with Gasteiger partial charge in [-0.25, -0.2) is 0 Å². The molecule has 0 saturated heterocycles. The van der Waals surface area contributed by atoms with Crippen molar-refractivity contribution in [1.82, 2.24) is 0 Å². The van der Waals surface area contributed by atoms with Crippen LogP contribution in [0.3, 0.4) is 0 Å². The Hall–Kier alpha value is -0.630. The van der Waals surface area contributed by atoms with Crippen molar-refractivity contribution in [3.05, 3.63) is 35.4 Å². The van der Waals surface area contributed by atoms with Crippen molar-refractivity contribution in [1.29, 1.82) is 0 Å². The van der Waals surface area contributed by atoms with Gasteiger partial charge < -0.3 is 0 Å². The topological polar surface area (TPSA) is 12.4 Å². The van der Waals surface area contributed by atoms with Gasteiger partial charge in [-0.05, 0) is 33.3 Å². The summed E-state index contributed by atoms with van der Waals surface area (Å²) in [5, 5.41) is 0. The van der Waals surface area contributed by atoms with Crippen LogP contribution in [-0.4, -0.2) is 16.6 Å². The fourth-order valence-electron chi connectivity index (χ4n) is 1.41. The second-order valence-corrected chi connectivity index (χ2v) is 5.46. The van der Waals surface area contributed by atoms with Gasteiger partial charge in [0.15, 0.2) is 0 Å². The molecule has 2 heteroatoms. The highest BCUT2D eigenvalue weighted by Gasteiger charge is 2.09. The summed E-state index contributed by atoms with van der Waals surface area (Å²) in [6.07, 6.45) is 0. The van der Waals surface area contributed by atoms with Crippen LogP contribution >= 0.6 is 15.9 Å². The molecular formula is C13H18BrN. The highest BCUT2D eigenvalue weighted by atomic mass is 79.9. The standard InChI is InChI=1S/C13H18BrN/c1-9(2)15-13(11(4)14)12-7-5-10(3)6-8-12/h5-9,11H,1-4H3. The van der Waals surface area contributed by atoms with Crippen molar-refractivity contribution >= 4 is 21.6 Å². The molecule has 1 unspecified atom stereocenters. The highest BCUT2D eigenvalue weighted by Crippen LogP contribution is 2.13. The molecule has 0 aliphatic heterocycles. The van der Waals surface area contributed by atoms with Gasteiger partial charge >= 0.3 is 0 Å². The summed E-state index contributed by atoms with van der Waals surface area (Å²) in [5.74, 6) is 0. The van der Waals surface area contributed by atoms with E-state index in [4.69, 9.17) is 0 Å². The van der Waals surface area contributed by atoms with Gasteiger partial charge in [-0.15, -0.1) is 0 Å². The van der Waals surface area contributed by atoms with Crippen molar-refractivity contribution in [3.8, 4) is 0 Å². The molecule has 0 heterocycles. The van der Waals surface area contributed by atoms with Crippen LogP contribution in [0.2, 0.25) is 0 Å². The van der Waals surface area contributed by atoms with Crippen LogP contribution in [-0.2, 0) is 0 Å². The summed E-state index contributed by atoms with van der Waals surface area (Å²) >= 11 is 3.59. The molecule has 15 heavy (non-hydrogen) atoms. The average Bonchev–Trinajstić information content (AvgIpc) is 2.15. The van der Waals surface area contributed by atoms with Gasteiger partial charge in [0.1, 0.15) is 0 Å². The predicted molar refractivity (Wildman–Crippen MR) is 71.2 cm³/mol. The Morgan fingerprint density at radius 3 is 2.07 bits per heavy atom. The number of halogens is 1. The fraction of sp³-hybridized carbons (Fsp3) is 0.462. The predicted octanol–water partition coefficient (Wildman–Crippen LogP) is 3.98. The van der Waals surface area contributed by atoms with E-state index < -0.39 is 0 Å². The van der Waals surface area contributed by atoms with Crippen molar-refractivity contribution in [2.45, 2.75) is 38.6 Å². The Balaban J connectivity index is 3.05. The largest absolute Gasteiger partial charge is 0.285 e. The first-order valence-corrected chi connectivity index (χ1v) is 6.21. The molecule has 1 aromatic rings. The van der Waals surface area contributed by atoms with E-state index in [2.05, 4.69) is 72.9 Å². The normalized spacial score (nSPS) is 14.4. The lowest BCUT2D eigenvalue weighted by Gasteiger charge is -2.11. The van der Waals surface area contributed by atoms with E-state index in [1.807, 2.05) is 0 Å². The second-order valence-electron chi connectivity index (χ2n) is 4.09. The zero-order chi connectivity index (χ0) is 11.4. The zero-order valence-electron chi connectivity index (χ0n) is 9.79. The maximum absolute atomic E-state index is 4.65. The molecule has 82 valence electrons. The summed E-state index contributed by atoms with van der Waals surface area (Å²) in [7, 11) is 0. The first kappa shape index (κ1) is 12.4.